The molecule has 2 rings (SSSR count). The number of Topliss-reactive ketones (excluding diaryl/α,β-unsaturated/α-hetero) is 1. The monoisotopic (exact) mass is 372 g/mol. The van der Waals surface area contributed by atoms with Gasteiger partial charge in [0, 0.05) is 12.3 Å². The highest BCUT2D eigenvalue weighted by atomic mass is 32.2. The van der Waals surface area contributed by atoms with E-state index in [-0.39, 0.29) is 22.5 Å². The SMILES string of the molecule is CC(=O)c1csc(NC(=O)C(C(C)C)S(=O)(=O)C2CCCCC2)n1. The average molecular weight is 373 g/mol. The number of hydrogen-bond donors (Lipinski definition) is 1. The lowest BCUT2D eigenvalue weighted by atomic mass is 10.0. The number of anilines is 1. The first-order chi connectivity index (χ1) is 11.2. The summed E-state index contributed by atoms with van der Waals surface area (Å²) in [6.07, 6.45) is 4.10. The Hall–Kier alpha value is -1.28. The Kier molecular flexibility index (Phi) is 6.14. The standard InChI is InChI=1S/C16H24N2O4S2/c1-10(2)14(24(21,22)12-7-5-4-6-8-12)15(20)18-16-17-13(9-23-16)11(3)19/h9-10,12,14H,4-8H2,1-3H3,(H,17,18,20). The summed E-state index contributed by atoms with van der Waals surface area (Å²) in [5.41, 5.74) is 0.270. The fourth-order valence-electron chi connectivity index (χ4n) is 3.10. The average Bonchev–Trinajstić information content (AvgIpc) is 2.96. The maximum Gasteiger partial charge on any atom is 0.244 e. The highest BCUT2D eigenvalue weighted by Crippen LogP contribution is 2.29. The van der Waals surface area contributed by atoms with Gasteiger partial charge in [0.15, 0.2) is 20.8 Å². The number of thiazole rings is 1. The molecule has 1 fully saturated rings. The third kappa shape index (κ3) is 4.22. The molecule has 0 spiro atoms. The molecule has 6 nitrogen and oxygen atoms in total. The van der Waals surface area contributed by atoms with Gasteiger partial charge in [-0.2, -0.15) is 0 Å². The van der Waals surface area contributed by atoms with Crippen molar-refractivity contribution >= 4 is 38.0 Å². The third-order valence-corrected chi connectivity index (χ3v) is 7.95. The van der Waals surface area contributed by atoms with Crippen LogP contribution in [0.15, 0.2) is 5.38 Å². The Morgan fingerprint density at radius 2 is 1.88 bits per heavy atom. The van der Waals surface area contributed by atoms with Crippen LogP contribution in [0, 0.1) is 5.92 Å². The fourth-order valence-corrected chi connectivity index (χ4v) is 6.38. The molecule has 1 aromatic heterocycles. The topological polar surface area (TPSA) is 93.2 Å². The summed E-state index contributed by atoms with van der Waals surface area (Å²) in [7, 11) is -3.55. The molecule has 1 aliphatic rings. The first-order valence-electron chi connectivity index (χ1n) is 8.23. The second-order valence-electron chi connectivity index (χ2n) is 6.60. The van der Waals surface area contributed by atoms with Gasteiger partial charge in [-0.15, -0.1) is 11.3 Å². The number of nitrogens with one attached hydrogen (secondary N) is 1. The molecular formula is C16H24N2O4S2. The predicted octanol–water partition coefficient (Wildman–Crippen LogP) is 3.06. The Morgan fingerprint density at radius 3 is 2.38 bits per heavy atom. The van der Waals surface area contributed by atoms with Gasteiger partial charge in [0.25, 0.3) is 0 Å². The number of amides is 1. The van der Waals surface area contributed by atoms with Crippen LogP contribution in [-0.2, 0) is 14.6 Å². The summed E-state index contributed by atoms with van der Waals surface area (Å²) in [6.45, 7) is 4.88. The third-order valence-electron chi connectivity index (χ3n) is 4.33. The molecule has 1 aromatic rings. The molecule has 1 saturated carbocycles. The second kappa shape index (κ2) is 7.74. The Labute approximate surface area is 147 Å². The van der Waals surface area contributed by atoms with Crippen molar-refractivity contribution in [3.05, 3.63) is 11.1 Å². The van der Waals surface area contributed by atoms with Gasteiger partial charge in [-0.1, -0.05) is 33.1 Å². The first-order valence-corrected chi connectivity index (χ1v) is 10.7. The lowest BCUT2D eigenvalue weighted by molar-refractivity contribution is -0.116. The van der Waals surface area contributed by atoms with Gasteiger partial charge in [-0.3, -0.25) is 9.59 Å². The van der Waals surface area contributed by atoms with Gasteiger partial charge < -0.3 is 5.32 Å². The molecule has 134 valence electrons. The largest absolute Gasteiger partial charge is 0.301 e. The number of carbonyl (C=O) groups is 2. The normalized spacial score (nSPS) is 17.7. The molecule has 1 atom stereocenters. The number of rotatable bonds is 6. The molecule has 0 aliphatic heterocycles. The molecule has 1 amide bonds. The van der Waals surface area contributed by atoms with Crippen molar-refractivity contribution in [3.8, 4) is 0 Å². The van der Waals surface area contributed by atoms with Gasteiger partial charge in [0.1, 0.15) is 10.9 Å². The molecule has 1 heterocycles. The highest BCUT2D eigenvalue weighted by molar-refractivity contribution is 7.93. The minimum Gasteiger partial charge on any atom is -0.301 e. The number of aromatic nitrogens is 1. The van der Waals surface area contributed by atoms with Crippen LogP contribution < -0.4 is 5.32 Å². The number of sulfone groups is 1. The van der Waals surface area contributed by atoms with Gasteiger partial charge >= 0.3 is 0 Å². The van der Waals surface area contributed by atoms with E-state index in [1.807, 2.05) is 0 Å². The Balaban J connectivity index is 2.19. The lowest BCUT2D eigenvalue weighted by Gasteiger charge is -2.28. The summed E-state index contributed by atoms with van der Waals surface area (Å²) >= 11 is 1.12. The zero-order valence-corrected chi connectivity index (χ0v) is 15.9. The Bertz CT molecular complexity index is 703. The van der Waals surface area contributed by atoms with Crippen LogP contribution in [0.2, 0.25) is 0 Å². The zero-order valence-electron chi connectivity index (χ0n) is 14.2. The number of ketones is 1. The summed E-state index contributed by atoms with van der Waals surface area (Å²) in [6, 6.07) is 0. The van der Waals surface area contributed by atoms with E-state index < -0.39 is 26.2 Å². The predicted molar refractivity (Wildman–Crippen MR) is 95.2 cm³/mol. The maximum absolute atomic E-state index is 12.9. The van der Waals surface area contributed by atoms with Crippen LogP contribution in [0.1, 0.15) is 63.4 Å². The van der Waals surface area contributed by atoms with Crippen LogP contribution >= 0.6 is 11.3 Å². The van der Waals surface area contributed by atoms with Crippen molar-refractivity contribution in [2.75, 3.05) is 5.32 Å². The van der Waals surface area contributed by atoms with E-state index in [0.29, 0.717) is 12.8 Å². The van der Waals surface area contributed by atoms with E-state index in [0.717, 1.165) is 30.6 Å². The molecule has 1 aliphatic carbocycles. The van der Waals surface area contributed by atoms with E-state index in [4.69, 9.17) is 0 Å². The molecule has 1 N–H and O–H groups in total. The highest BCUT2D eigenvalue weighted by Gasteiger charge is 2.41. The first kappa shape index (κ1) is 19.1. The van der Waals surface area contributed by atoms with Crippen LogP contribution in [0.3, 0.4) is 0 Å². The van der Waals surface area contributed by atoms with Crippen molar-refractivity contribution < 1.29 is 18.0 Å². The van der Waals surface area contributed by atoms with Crippen molar-refractivity contribution in [2.24, 2.45) is 5.92 Å². The smallest absolute Gasteiger partial charge is 0.244 e. The Morgan fingerprint density at radius 1 is 1.25 bits per heavy atom. The van der Waals surface area contributed by atoms with Gasteiger partial charge in [0.05, 0.1) is 5.25 Å². The molecular weight excluding hydrogens is 348 g/mol. The fraction of sp³-hybridized carbons (Fsp3) is 0.688. The van der Waals surface area contributed by atoms with E-state index >= 15 is 0 Å². The van der Waals surface area contributed by atoms with Crippen molar-refractivity contribution in [1.29, 1.82) is 0 Å². The quantitative estimate of drug-likeness (QED) is 0.775. The number of hydrogen-bond acceptors (Lipinski definition) is 6. The van der Waals surface area contributed by atoms with E-state index in [9.17, 15) is 18.0 Å². The van der Waals surface area contributed by atoms with Crippen LogP contribution in [0.5, 0.6) is 0 Å². The number of nitrogens with zero attached hydrogens (tertiary/aromatic N) is 1. The molecule has 0 bridgehead atoms. The second-order valence-corrected chi connectivity index (χ2v) is 9.81. The van der Waals surface area contributed by atoms with Gasteiger partial charge in [-0.05, 0) is 18.8 Å². The minimum atomic E-state index is -3.55. The van der Waals surface area contributed by atoms with E-state index in [1.54, 1.807) is 19.2 Å². The van der Waals surface area contributed by atoms with Crippen molar-refractivity contribution in [3.63, 3.8) is 0 Å². The van der Waals surface area contributed by atoms with E-state index in [1.165, 1.54) is 6.92 Å². The minimum absolute atomic E-state index is 0.193. The summed E-state index contributed by atoms with van der Waals surface area (Å²) in [4.78, 5) is 27.9. The maximum atomic E-state index is 12.9. The lowest BCUT2D eigenvalue weighted by Crippen LogP contribution is -2.44. The van der Waals surface area contributed by atoms with E-state index in [2.05, 4.69) is 10.3 Å². The number of carbonyl (C=O) groups excluding carboxylic acids is 2. The molecule has 0 saturated heterocycles. The summed E-state index contributed by atoms with van der Waals surface area (Å²) in [5.74, 6) is -1.08. The van der Waals surface area contributed by atoms with Crippen LogP contribution in [0.4, 0.5) is 5.13 Å². The summed E-state index contributed by atoms with van der Waals surface area (Å²) < 4.78 is 25.9. The van der Waals surface area contributed by atoms with Gasteiger partial charge in [-0.25, -0.2) is 13.4 Å². The van der Waals surface area contributed by atoms with Crippen LogP contribution in [0.25, 0.3) is 0 Å². The summed E-state index contributed by atoms with van der Waals surface area (Å²) in [5, 5.41) is 2.86. The molecule has 24 heavy (non-hydrogen) atoms. The van der Waals surface area contributed by atoms with Crippen LogP contribution in [-0.4, -0.2) is 35.6 Å². The molecule has 1 unspecified atom stereocenters. The zero-order chi connectivity index (χ0) is 17.9. The van der Waals surface area contributed by atoms with Crippen molar-refractivity contribution in [1.82, 2.24) is 4.98 Å². The molecule has 0 radical (unpaired) electrons. The van der Waals surface area contributed by atoms with Gasteiger partial charge in [0.2, 0.25) is 5.91 Å². The molecule has 0 aromatic carbocycles. The van der Waals surface area contributed by atoms with Crippen molar-refractivity contribution in [2.45, 2.75) is 63.4 Å². The molecule has 8 heteroatoms.